The Morgan fingerprint density at radius 3 is 2.38 bits per heavy atom. The van der Waals surface area contributed by atoms with Crippen LogP contribution in [0.5, 0.6) is 5.75 Å². The molecule has 21 heavy (non-hydrogen) atoms. The standard InChI is InChI=1S/C18H26O3/c1-4-13-21-16-7-5-15(6-8-16)17(19)18(20-3)11-9-14(2)10-12-18/h5-8,14H,4,9-13H2,1-3H3. The fraction of sp³-hybridized carbons (Fsp3) is 0.611. The molecule has 1 aromatic carbocycles. The van der Waals surface area contributed by atoms with E-state index in [1.54, 1.807) is 7.11 Å². The Hall–Kier alpha value is -1.35. The highest BCUT2D eigenvalue weighted by molar-refractivity contribution is 6.02. The summed E-state index contributed by atoms with van der Waals surface area (Å²) in [5, 5.41) is 0. The minimum atomic E-state index is -0.627. The number of benzene rings is 1. The lowest BCUT2D eigenvalue weighted by Crippen LogP contribution is -2.43. The average molecular weight is 290 g/mol. The van der Waals surface area contributed by atoms with Gasteiger partial charge in [0, 0.05) is 12.7 Å². The van der Waals surface area contributed by atoms with Gasteiger partial charge < -0.3 is 9.47 Å². The van der Waals surface area contributed by atoms with Gasteiger partial charge in [-0.25, -0.2) is 0 Å². The van der Waals surface area contributed by atoms with Crippen molar-refractivity contribution in [3.63, 3.8) is 0 Å². The summed E-state index contributed by atoms with van der Waals surface area (Å²) in [5.41, 5.74) is 0.0911. The van der Waals surface area contributed by atoms with E-state index in [1.165, 1.54) is 0 Å². The molecular weight excluding hydrogens is 264 g/mol. The van der Waals surface area contributed by atoms with Gasteiger partial charge in [0.25, 0.3) is 0 Å². The monoisotopic (exact) mass is 290 g/mol. The average Bonchev–Trinajstić information content (AvgIpc) is 2.54. The molecule has 1 aliphatic rings. The van der Waals surface area contributed by atoms with Gasteiger partial charge in [0.05, 0.1) is 6.61 Å². The van der Waals surface area contributed by atoms with Crippen LogP contribution in [-0.4, -0.2) is 25.1 Å². The summed E-state index contributed by atoms with van der Waals surface area (Å²) in [5.74, 6) is 1.61. The largest absolute Gasteiger partial charge is 0.494 e. The highest BCUT2D eigenvalue weighted by Crippen LogP contribution is 2.37. The number of hydrogen-bond donors (Lipinski definition) is 0. The zero-order chi connectivity index (χ0) is 15.3. The van der Waals surface area contributed by atoms with Gasteiger partial charge in [0.15, 0.2) is 5.78 Å². The number of carbonyl (C=O) groups is 1. The fourth-order valence-electron chi connectivity index (χ4n) is 2.94. The summed E-state index contributed by atoms with van der Waals surface area (Å²) in [6, 6.07) is 7.45. The van der Waals surface area contributed by atoms with Crippen LogP contribution in [0.2, 0.25) is 0 Å². The molecular formula is C18H26O3. The molecule has 0 radical (unpaired) electrons. The molecule has 0 aliphatic heterocycles. The number of ether oxygens (including phenoxy) is 2. The molecule has 0 atom stereocenters. The second kappa shape index (κ2) is 7.08. The lowest BCUT2D eigenvalue weighted by molar-refractivity contribution is -0.0263. The van der Waals surface area contributed by atoms with Crippen molar-refractivity contribution in [3.8, 4) is 5.75 Å². The molecule has 0 aromatic heterocycles. The van der Waals surface area contributed by atoms with Gasteiger partial charge in [-0.3, -0.25) is 4.79 Å². The third kappa shape index (κ3) is 3.65. The maximum Gasteiger partial charge on any atom is 0.194 e. The molecule has 1 aromatic rings. The highest BCUT2D eigenvalue weighted by Gasteiger charge is 2.41. The molecule has 3 nitrogen and oxygen atoms in total. The summed E-state index contributed by atoms with van der Waals surface area (Å²) in [6.45, 7) is 5.02. The Kier molecular flexibility index (Phi) is 5.40. The lowest BCUT2D eigenvalue weighted by Gasteiger charge is -2.37. The number of carbonyl (C=O) groups excluding carboxylic acids is 1. The first kappa shape index (κ1) is 16.0. The SMILES string of the molecule is CCCOc1ccc(C(=O)C2(OC)CCC(C)CC2)cc1. The third-order valence-electron chi connectivity index (χ3n) is 4.48. The van der Waals surface area contributed by atoms with Crippen molar-refractivity contribution in [1.82, 2.24) is 0 Å². The smallest absolute Gasteiger partial charge is 0.194 e. The van der Waals surface area contributed by atoms with Crippen molar-refractivity contribution in [2.75, 3.05) is 13.7 Å². The minimum Gasteiger partial charge on any atom is -0.494 e. The Morgan fingerprint density at radius 1 is 1.24 bits per heavy atom. The molecule has 0 unspecified atom stereocenters. The molecule has 1 saturated carbocycles. The molecule has 0 bridgehead atoms. The maximum absolute atomic E-state index is 12.8. The van der Waals surface area contributed by atoms with E-state index in [9.17, 15) is 4.79 Å². The molecule has 1 aliphatic carbocycles. The Morgan fingerprint density at radius 2 is 1.86 bits per heavy atom. The Bertz CT molecular complexity index is 456. The number of hydrogen-bond acceptors (Lipinski definition) is 3. The van der Waals surface area contributed by atoms with E-state index in [1.807, 2.05) is 24.3 Å². The van der Waals surface area contributed by atoms with Gasteiger partial charge in [-0.15, -0.1) is 0 Å². The van der Waals surface area contributed by atoms with Gasteiger partial charge in [0.1, 0.15) is 11.4 Å². The molecule has 2 rings (SSSR count). The van der Waals surface area contributed by atoms with Crippen molar-refractivity contribution >= 4 is 5.78 Å². The van der Waals surface area contributed by atoms with Gasteiger partial charge in [-0.1, -0.05) is 13.8 Å². The molecule has 3 heteroatoms. The summed E-state index contributed by atoms with van der Waals surface area (Å²) in [7, 11) is 1.66. The first-order chi connectivity index (χ1) is 10.1. The van der Waals surface area contributed by atoms with Gasteiger partial charge in [0.2, 0.25) is 0 Å². The van der Waals surface area contributed by atoms with Crippen LogP contribution in [0, 0.1) is 5.92 Å². The summed E-state index contributed by atoms with van der Waals surface area (Å²) >= 11 is 0. The van der Waals surface area contributed by atoms with Crippen molar-refractivity contribution < 1.29 is 14.3 Å². The Labute approximate surface area is 127 Å². The number of rotatable bonds is 6. The predicted octanol–water partition coefficient (Wildman–Crippen LogP) is 4.25. The van der Waals surface area contributed by atoms with Crippen LogP contribution in [0.4, 0.5) is 0 Å². The van der Waals surface area contributed by atoms with E-state index in [2.05, 4.69) is 13.8 Å². The summed E-state index contributed by atoms with van der Waals surface area (Å²) in [6.07, 6.45) is 4.72. The predicted molar refractivity (Wildman–Crippen MR) is 83.9 cm³/mol. The minimum absolute atomic E-state index is 0.110. The number of Topliss-reactive ketones (excluding diaryl/α,β-unsaturated/α-hetero) is 1. The zero-order valence-corrected chi connectivity index (χ0v) is 13.4. The van der Waals surface area contributed by atoms with E-state index >= 15 is 0 Å². The molecule has 0 heterocycles. The molecule has 0 saturated heterocycles. The van der Waals surface area contributed by atoms with Crippen molar-refractivity contribution in [3.05, 3.63) is 29.8 Å². The molecule has 116 valence electrons. The van der Waals surface area contributed by atoms with E-state index in [0.29, 0.717) is 12.5 Å². The first-order valence-corrected chi connectivity index (χ1v) is 7.94. The number of methoxy groups -OCH3 is 1. The van der Waals surface area contributed by atoms with Crippen LogP contribution in [-0.2, 0) is 4.74 Å². The number of ketones is 1. The van der Waals surface area contributed by atoms with Crippen LogP contribution >= 0.6 is 0 Å². The summed E-state index contributed by atoms with van der Waals surface area (Å²) in [4.78, 5) is 12.8. The molecule has 0 N–H and O–H groups in total. The van der Waals surface area contributed by atoms with Gasteiger partial charge in [-0.05, 0) is 62.3 Å². The summed E-state index contributed by atoms with van der Waals surface area (Å²) < 4.78 is 11.2. The van der Waals surface area contributed by atoms with Crippen molar-refractivity contribution in [2.45, 2.75) is 51.6 Å². The quantitative estimate of drug-likeness (QED) is 0.735. The van der Waals surface area contributed by atoms with E-state index in [0.717, 1.165) is 43.4 Å². The van der Waals surface area contributed by atoms with Crippen LogP contribution in [0.25, 0.3) is 0 Å². The fourth-order valence-corrected chi connectivity index (χ4v) is 2.94. The molecule has 0 amide bonds. The zero-order valence-electron chi connectivity index (χ0n) is 13.4. The second-order valence-corrected chi connectivity index (χ2v) is 6.08. The normalized spacial score (nSPS) is 25.6. The van der Waals surface area contributed by atoms with E-state index < -0.39 is 5.60 Å². The second-order valence-electron chi connectivity index (χ2n) is 6.08. The molecule has 1 fully saturated rings. The van der Waals surface area contributed by atoms with E-state index in [-0.39, 0.29) is 5.78 Å². The van der Waals surface area contributed by atoms with Crippen LogP contribution in [0.1, 0.15) is 56.3 Å². The van der Waals surface area contributed by atoms with Crippen molar-refractivity contribution in [2.24, 2.45) is 5.92 Å². The maximum atomic E-state index is 12.8. The van der Waals surface area contributed by atoms with Gasteiger partial charge >= 0.3 is 0 Å². The highest BCUT2D eigenvalue weighted by atomic mass is 16.5. The van der Waals surface area contributed by atoms with Crippen LogP contribution in [0.15, 0.2) is 24.3 Å². The first-order valence-electron chi connectivity index (χ1n) is 7.94. The Balaban J connectivity index is 2.10. The third-order valence-corrected chi connectivity index (χ3v) is 4.48. The van der Waals surface area contributed by atoms with Crippen LogP contribution < -0.4 is 4.74 Å². The lowest BCUT2D eigenvalue weighted by atomic mass is 9.75. The topological polar surface area (TPSA) is 35.5 Å². The molecule has 0 spiro atoms. The van der Waals surface area contributed by atoms with Crippen molar-refractivity contribution in [1.29, 1.82) is 0 Å². The van der Waals surface area contributed by atoms with Gasteiger partial charge in [-0.2, -0.15) is 0 Å². The van der Waals surface area contributed by atoms with Crippen LogP contribution in [0.3, 0.4) is 0 Å². The van der Waals surface area contributed by atoms with E-state index in [4.69, 9.17) is 9.47 Å².